The van der Waals surface area contributed by atoms with Crippen LogP contribution in [-0.2, 0) is 0 Å². The van der Waals surface area contributed by atoms with Gasteiger partial charge in [-0.05, 0) is 72.5 Å². The van der Waals surface area contributed by atoms with Crippen LogP contribution in [0.1, 0.15) is 35.4 Å². The van der Waals surface area contributed by atoms with Crippen molar-refractivity contribution in [2.45, 2.75) is 12.8 Å². The second-order valence-electron chi connectivity index (χ2n) is 9.54. The summed E-state index contributed by atoms with van der Waals surface area (Å²) in [5, 5.41) is 0. The molecule has 198 valence electrons. The Morgan fingerprint density at radius 1 is 0.575 bits per heavy atom. The Balaban J connectivity index is 0.980. The highest BCUT2D eigenvalue weighted by Crippen LogP contribution is 2.28. The molecule has 6 heteroatoms. The Hall–Kier alpha value is -5.10. The van der Waals surface area contributed by atoms with Crippen molar-refractivity contribution in [1.82, 2.24) is 9.97 Å². The molecule has 0 saturated carbocycles. The summed E-state index contributed by atoms with van der Waals surface area (Å²) in [5.41, 5.74) is 8.82. The van der Waals surface area contributed by atoms with Crippen LogP contribution in [0.5, 0.6) is 11.5 Å². The third-order valence-corrected chi connectivity index (χ3v) is 6.83. The van der Waals surface area contributed by atoms with Crippen molar-refractivity contribution in [2.24, 2.45) is 0 Å². The van der Waals surface area contributed by atoms with Gasteiger partial charge in [-0.25, -0.2) is 9.98 Å². The van der Waals surface area contributed by atoms with Crippen LogP contribution < -0.4 is 19.5 Å². The summed E-state index contributed by atoms with van der Waals surface area (Å²) >= 11 is 0. The average molecular weight is 529 g/mol. The first-order valence-electron chi connectivity index (χ1n) is 13.6. The Labute approximate surface area is 233 Å². The van der Waals surface area contributed by atoms with E-state index in [0.717, 1.165) is 69.4 Å². The lowest BCUT2D eigenvalue weighted by Gasteiger charge is -2.10. The van der Waals surface area contributed by atoms with Crippen LogP contribution in [0.3, 0.4) is 0 Å². The number of H-pyrrole nitrogens is 2. The Morgan fingerprint density at radius 3 is 1.38 bits per heavy atom. The molecule has 4 aromatic rings. The number of rotatable bonds is 11. The number of hydrogen-bond acceptors (Lipinski definition) is 2. The molecule has 0 radical (unpaired) electrons. The van der Waals surface area contributed by atoms with Gasteiger partial charge >= 0.3 is 0 Å². The van der Waals surface area contributed by atoms with Gasteiger partial charge in [-0.2, -0.15) is 0 Å². The fourth-order valence-corrected chi connectivity index (χ4v) is 4.88. The maximum atomic E-state index is 6.00. The van der Waals surface area contributed by atoms with E-state index in [1.54, 1.807) is 0 Å². The first-order chi connectivity index (χ1) is 19.8. The van der Waals surface area contributed by atoms with Gasteiger partial charge in [0, 0.05) is 36.7 Å². The van der Waals surface area contributed by atoms with E-state index in [1.807, 2.05) is 73.4 Å². The molecule has 0 spiro atoms. The smallest absolute Gasteiger partial charge is 0.213 e. The van der Waals surface area contributed by atoms with Crippen molar-refractivity contribution < 1.29 is 19.5 Å². The highest BCUT2D eigenvalue weighted by atomic mass is 16.5. The minimum Gasteiger partial charge on any atom is -0.494 e. The minimum absolute atomic E-state index is 0.649. The lowest BCUT2D eigenvalue weighted by molar-refractivity contribution is -0.379. The largest absolute Gasteiger partial charge is 0.494 e. The number of nitrogens with one attached hydrogen (secondary N) is 4. The van der Waals surface area contributed by atoms with Crippen LogP contribution in [0.2, 0.25) is 0 Å². The van der Waals surface area contributed by atoms with Gasteiger partial charge in [-0.1, -0.05) is 24.3 Å². The fraction of sp³-hybridized carbons (Fsp3) is 0.118. The summed E-state index contributed by atoms with van der Waals surface area (Å²) in [7, 11) is 0. The van der Waals surface area contributed by atoms with Gasteiger partial charge in [0.15, 0.2) is 12.4 Å². The van der Waals surface area contributed by atoms with Crippen molar-refractivity contribution >= 4 is 23.6 Å². The molecule has 4 heterocycles. The molecule has 4 N–H and O–H groups in total. The minimum atomic E-state index is 0.649. The van der Waals surface area contributed by atoms with Gasteiger partial charge in [0.1, 0.15) is 11.5 Å². The van der Waals surface area contributed by atoms with E-state index in [0.29, 0.717) is 13.2 Å². The van der Waals surface area contributed by atoms with E-state index in [4.69, 9.17) is 9.47 Å². The number of aromatic nitrogens is 2. The summed E-state index contributed by atoms with van der Waals surface area (Å²) in [6.45, 7) is 1.30. The molecule has 2 aliphatic heterocycles. The second kappa shape index (κ2) is 12.2. The summed E-state index contributed by atoms with van der Waals surface area (Å²) < 4.78 is 12.0. The SMILES string of the molecule is C1=CC(=C(c2ccc(OCCCCOc3ccc(C(=C4C=CC=[NH+]4)c4ccc[nH]4)cc3)cc2)c2ccc[nH]2)[NH+]=C1. The molecule has 0 unspecified atom stereocenters. The molecule has 0 bridgehead atoms. The average Bonchev–Trinajstić information content (AvgIpc) is 3.82. The Morgan fingerprint density at radius 2 is 1.02 bits per heavy atom. The summed E-state index contributed by atoms with van der Waals surface area (Å²) in [6.07, 6.45) is 17.8. The normalized spacial score (nSPS) is 16.1. The van der Waals surface area contributed by atoms with Gasteiger partial charge in [-0.3, -0.25) is 0 Å². The number of hydrogen-bond donors (Lipinski definition) is 4. The van der Waals surface area contributed by atoms with Gasteiger partial charge in [0.05, 0.1) is 35.7 Å². The zero-order chi connectivity index (χ0) is 27.0. The van der Waals surface area contributed by atoms with E-state index in [-0.39, 0.29) is 0 Å². The molecule has 2 aliphatic rings. The third-order valence-electron chi connectivity index (χ3n) is 6.83. The molecule has 6 rings (SSSR count). The van der Waals surface area contributed by atoms with E-state index in [9.17, 15) is 0 Å². The second-order valence-corrected chi connectivity index (χ2v) is 9.54. The molecule has 40 heavy (non-hydrogen) atoms. The number of benzene rings is 2. The monoisotopic (exact) mass is 528 g/mol. The van der Waals surface area contributed by atoms with Crippen LogP contribution in [0.25, 0.3) is 11.1 Å². The lowest BCUT2D eigenvalue weighted by atomic mass is 10.0. The van der Waals surface area contributed by atoms with Crippen LogP contribution >= 0.6 is 0 Å². The molecule has 6 nitrogen and oxygen atoms in total. The fourth-order valence-electron chi connectivity index (χ4n) is 4.88. The van der Waals surface area contributed by atoms with E-state index >= 15 is 0 Å². The quantitative estimate of drug-likeness (QED) is 0.225. The van der Waals surface area contributed by atoms with Crippen LogP contribution in [-0.4, -0.2) is 35.6 Å². The topological polar surface area (TPSA) is 78.0 Å². The predicted octanol–water partition coefficient (Wildman–Crippen LogP) is 3.54. The summed E-state index contributed by atoms with van der Waals surface area (Å²) in [5.74, 6) is 1.74. The van der Waals surface area contributed by atoms with Gasteiger partial charge in [0.2, 0.25) is 11.4 Å². The maximum absolute atomic E-state index is 6.00. The first kappa shape index (κ1) is 25.2. The van der Waals surface area contributed by atoms with Crippen molar-refractivity contribution in [1.29, 1.82) is 0 Å². The molecule has 2 aromatic heterocycles. The number of allylic oxidation sites excluding steroid dienone is 4. The molecule has 0 saturated heterocycles. The predicted molar refractivity (Wildman–Crippen MR) is 159 cm³/mol. The molecule has 0 aliphatic carbocycles. The van der Waals surface area contributed by atoms with E-state index in [2.05, 4.69) is 68.5 Å². The zero-order valence-corrected chi connectivity index (χ0v) is 22.2. The Bertz CT molecular complexity index is 1450. The maximum Gasteiger partial charge on any atom is 0.213 e. The van der Waals surface area contributed by atoms with Gasteiger partial charge in [0.25, 0.3) is 0 Å². The van der Waals surface area contributed by atoms with Crippen molar-refractivity contribution in [3.8, 4) is 11.5 Å². The highest BCUT2D eigenvalue weighted by Gasteiger charge is 2.18. The van der Waals surface area contributed by atoms with Crippen molar-refractivity contribution in [2.75, 3.05) is 13.2 Å². The standard InChI is InChI=1S/C34H30N4O2/c1(23-39-27-15-11-25(12-16-27)33(29-7-3-19-35-29)30-8-4-20-36-30)2-24-40-28-17-13-26(14-18-28)34(31-9-5-21-37-31)32-10-6-22-38-32/h3-22,35,37H,1-2,23-24H2/p+2. The lowest BCUT2D eigenvalue weighted by Crippen LogP contribution is -2.64. The third kappa shape index (κ3) is 5.81. The Kier molecular flexibility index (Phi) is 7.67. The van der Waals surface area contributed by atoms with Crippen LogP contribution in [0.15, 0.2) is 121 Å². The van der Waals surface area contributed by atoms with Crippen molar-refractivity contribution in [3.63, 3.8) is 0 Å². The van der Waals surface area contributed by atoms with Crippen LogP contribution in [0, 0.1) is 0 Å². The molecule has 0 amide bonds. The molecule has 0 atom stereocenters. The summed E-state index contributed by atoms with van der Waals surface area (Å²) in [4.78, 5) is 13.3. The van der Waals surface area contributed by atoms with Crippen molar-refractivity contribution in [3.05, 3.63) is 143 Å². The number of aromatic amines is 2. The summed E-state index contributed by atoms with van der Waals surface area (Å²) in [6, 6.07) is 24.7. The number of ether oxygens (including phenoxy) is 2. The highest BCUT2D eigenvalue weighted by molar-refractivity contribution is 5.84. The van der Waals surface area contributed by atoms with Gasteiger partial charge < -0.3 is 19.4 Å². The molecular formula is C34H32N4O2+2. The van der Waals surface area contributed by atoms with E-state index < -0.39 is 0 Å². The van der Waals surface area contributed by atoms with E-state index in [1.165, 1.54) is 0 Å². The zero-order valence-electron chi connectivity index (χ0n) is 22.2. The van der Waals surface area contributed by atoms with Gasteiger partial charge in [-0.15, -0.1) is 0 Å². The molecule has 2 aromatic carbocycles. The number of unbranched alkanes of at least 4 members (excludes halogenated alkanes) is 1. The first-order valence-corrected chi connectivity index (χ1v) is 13.6. The van der Waals surface area contributed by atoms with Crippen LogP contribution in [0.4, 0.5) is 0 Å². The molecule has 0 fully saturated rings. The molecular weight excluding hydrogens is 496 g/mol.